The molecular weight excluding hydrogens is 242 g/mol. The van der Waals surface area contributed by atoms with Gasteiger partial charge in [0.15, 0.2) is 0 Å². The largest absolute Gasteiger partial charge is 0.396 e. The van der Waals surface area contributed by atoms with E-state index in [1.165, 1.54) is 19.3 Å². The van der Waals surface area contributed by atoms with Crippen molar-refractivity contribution in [1.29, 1.82) is 0 Å². The SMILES string of the molecule is CC1CCCCC1OCC(O)CNC(C)(C)CCO. The van der Waals surface area contributed by atoms with E-state index in [0.717, 1.165) is 6.42 Å². The average molecular weight is 273 g/mol. The van der Waals surface area contributed by atoms with Gasteiger partial charge in [-0.2, -0.15) is 0 Å². The number of hydrogen-bond acceptors (Lipinski definition) is 4. The molecule has 0 aromatic carbocycles. The van der Waals surface area contributed by atoms with Gasteiger partial charge < -0.3 is 20.3 Å². The van der Waals surface area contributed by atoms with E-state index in [1.54, 1.807) is 0 Å². The monoisotopic (exact) mass is 273 g/mol. The lowest BCUT2D eigenvalue weighted by Gasteiger charge is -2.31. The van der Waals surface area contributed by atoms with Gasteiger partial charge in [-0.05, 0) is 39.0 Å². The fraction of sp³-hybridized carbons (Fsp3) is 1.00. The van der Waals surface area contributed by atoms with Gasteiger partial charge in [0.2, 0.25) is 0 Å². The summed E-state index contributed by atoms with van der Waals surface area (Å²) in [6.45, 7) is 7.36. The average Bonchev–Trinajstić information content (AvgIpc) is 2.35. The van der Waals surface area contributed by atoms with Crippen molar-refractivity contribution in [1.82, 2.24) is 5.32 Å². The van der Waals surface area contributed by atoms with Gasteiger partial charge in [0.05, 0.1) is 18.8 Å². The number of nitrogens with one attached hydrogen (secondary N) is 1. The number of β-amino-alcohol motifs (C(OH)–C–C–N with tert-alkyl or cyclic N) is 1. The molecule has 1 aliphatic rings. The van der Waals surface area contributed by atoms with E-state index in [0.29, 0.717) is 31.6 Å². The second kappa shape index (κ2) is 8.20. The standard InChI is InChI=1S/C15H31NO3/c1-12-6-4-5-7-14(12)19-11-13(18)10-16-15(2,3)8-9-17/h12-14,16-18H,4-11H2,1-3H3. The molecule has 3 atom stereocenters. The summed E-state index contributed by atoms with van der Waals surface area (Å²) in [5.74, 6) is 0.611. The van der Waals surface area contributed by atoms with Gasteiger partial charge >= 0.3 is 0 Å². The van der Waals surface area contributed by atoms with Crippen LogP contribution in [-0.2, 0) is 4.74 Å². The number of hydrogen-bond donors (Lipinski definition) is 3. The minimum absolute atomic E-state index is 0.145. The Hall–Kier alpha value is -0.160. The second-order valence-corrected chi connectivity index (χ2v) is 6.53. The zero-order valence-corrected chi connectivity index (χ0v) is 12.7. The van der Waals surface area contributed by atoms with E-state index >= 15 is 0 Å². The van der Waals surface area contributed by atoms with Crippen molar-refractivity contribution in [3.05, 3.63) is 0 Å². The van der Waals surface area contributed by atoms with Crippen LogP contribution in [0.25, 0.3) is 0 Å². The number of rotatable bonds is 8. The third kappa shape index (κ3) is 6.70. The molecule has 0 aromatic rings. The molecular formula is C15H31NO3. The molecule has 3 N–H and O–H groups in total. The van der Waals surface area contributed by atoms with Crippen LogP contribution in [0.15, 0.2) is 0 Å². The van der Waals surface area contributed by atoms with Crippen LogP contribution in [0.3, 0.4) is 0 Å². The maximum Gasteiger partial charge on any atom is 0.0898 e. The van der Waals surface area contributed by atoms with Gasteiger partial charge in [0.1, 0.15) is 0 Å². The number of aliphatic hydroxyl groups excluding tert-OH is 2. The molecule has 1 aliphatic carbocycles. The van der Waals surface area contributed by atoms with E-state index in [9.17, 15) is 5.11 Å². The minimum Gasteiger partial charge on any atom is -0.396 e. The second-order valence-electron chi connectivity index (χ2n) is 6.53. The lowest BCUT2D eigenvalue weighted by Crippen LogP contribution is -2.45. The van der Waals surface area contributed by atoms with Crippen LogP contribution < -0.4 is 5.32 Å². The summed E-state index contributed by atoms with van der Waals surface area (Å²) in [4.78, 5) is 0. The Balaban J connectivity index is 2.18. The van der Waals surface area contributed by atoms with Crippen LogP contribution in [0, 0.1) is 5.92 Å². The van der Waals surface area contributed by atoms with E-state index in [1.807, 2.05) is 13.8 Å². The van der Waals surface area contributed by atoms with Gasteiger partial charge in [0, 0.05) is 18.7 Å². The highest BCUT2D eigenvalue weighted by Crippen LogP contribution is 2.26. The topological polar surface area (TPSA) is 61.7 Å². The van der Waals surface area contributed by atoms with Gasteiger partial charge in [0.25, 0.3) is 0 Å². The highest BCUT2D eigenvalue weighted by Gasteiger charge is 2.23. The predicted octanol–water partition coefficient (Wildman–Crippen LogP) is 1.69. The summed E-state index contributed by atoms with van der Waals surface area (Å²) in [6.07, 6.45) is 5.42. The third-order valence-corrected chi connectivity index (χ3v) is 4.09. The minimum atomic E-state index is -0.480. The first kappa shape index (κ1) is 16.9. The van der Waals surface area contributed by atoms with Crippen LogP contribution in [0.2, 0.25) is 0 Å². The summed E-state index contributed by atoms with van der Waals surface area (Å²) in [6, 6.07) is 0. The molecule has 1 fully saturated rings. The molecule has 19 heavy (non-hydrogen) atoms. The Morgan fingerprint density at radius 1 is 1.32 bits per heavy atom. The Morgan fingerprint density at radius 3 is 2.63 bits per heavy atom. The zero-order chi connectivity index (χ0) is 14.3. The summed E-state index contributed by atoms with van der Waals surface area (Å²) in [7, 11) is 0. The van der Waals surface area contributed by atoms with E-state index < -0.39 is 6.10 Å². The molecule has 0 bridgehead atoms. The van der Waals surface area contributed by atoms with Crippen LogP contribution in [0.1, 0.15) is 52.9 Å². The molecule has 4 heteroatoms. The Morgan fingerprint density at radius 2 is 2.00 bits per heavy atom. The van der Waals surface area contributed by atoms with Crippen molar-refractivity contribution in [3.8, 4) is 0 Å². The van der Waals surface area contributed by atoms with E-state index in [-0.39, 0.29) is 12.1 Å². The van der Waals surface area contributed by atoms with Crippen molar-refractivity contribution >= 4 is 0 Å². The maximum absolute atomic E-state index is 9.95. The Labute approximate surface area is 117 Å². The molecule has 4 nitrogen and oxygen atoms in total. The molecule has 1 rings (SSSR count). The lowest BCUT2D eigenvalue weighted by atomic mass is 9.88. The molecule has 0 spiro atoms. The predicted molar refractivity (Wildman–Crippen MR) is 77.2 cm³/mol. The molecule has 114 valence electrons. The molecule has 0 radical (unpaired) electrons. The van der Waals surface area contributed by atoms with Gasteiger partial charge in [-0.3, -0.25) is 0 Å². The highest BCUT2D eigenvalue weighted by atomic mass is 16.5. The van der Waals surface area contributed by atoms with Gasteiger partial charge in [-0.1, -0.05) is 19.8 Å². The van der Waals surface area contributed by atoms with Crippen molar-refractivity contribution in [3.63, 3.8) is 0 Å². The van der Waals surface area contributed by atoms with Crippen molar-refractivity contribution in [2.75, 3.05) is 19.8 Å². The molecule has 0 saturated heterocycles. The van der Waals surface area contributed by atoms with Gasteiger partial charge in [-0.25, -0.2) is 0 Å². The first-order valence-corrected chi connectivity index (χ1v) is 7.60. The third-order valence-electron chi connectivity index (χ3n) is 4.09. The highest BCUT2D eigenvalue weighted by molar-refractivity contribution is 4.79. The Bertz CT molecular complexity index is 246. The van der Waals surface area contributed by atoms with Gasteiger partial charge in [-0.15, -0.1) is 0 Å². The summed E-state index contributed by atoms with van der Waals surface area (Å²) in [5.41, 5.74) is -0.145. The lowest BCUT2D eigenvalue weighted by molar-refractivity contribution is -0.0464. The van der Waals surface area contributed by atoms with Crippen LogP contribution in [-0.4, -0.2) is 47.7 Å². The van der Waals surface area contributed by atoms with E-state index in [4.69, 9.17) is 9.84 Å². The molecule has 0 amide bonds. The van der Waals surface area contributed by atoms with Crippen molar-refractivity contribution < 1.29 is 14.9 Å². The van der Waals surface area contributed by atoms with Crippen LogP contribution in [0.5, 0.6) is 0 Å². The number of ether oxygens (including phenoxy) is 1. The zero-order valence-electron chi connectivity index (χ0n) is 12.7. The van der Waals surface area contributed by atoms with Crippen molar-refractivity contribution in [2.45, 2.75) is 70.6 Å². The normalized spacial score (nSPS) is 26.4. The quantitative estimate of drug-likeness (QED) is 0.630. The molecule has 1 saturated carbocycles. The molecule has 0 aliphatic heterocycles. The molecule has 0 aromatic heterocycles. The summed E-state index contributed by atoms with van der Waals surface area (Å²) >= 11 is 0. The first-order chi connectivity index (χ1) is 8.94. The van der Waals surface area contributed by atoms with Crippen LogP contribution >= 0.6 is 0 Å². The van der Waals surface area contributed by atoms with Crippen LogP contribution in [0.4, 0.5) is 0 Å². The smallest absolute Gasteiger partial charge is 0.0898 e. The summed E-state index contributed by atoms with van der Waals surface area (Å²) in [5, 5.41) is 22.2. The first-order valence-electron chi connectivity index (χ1n) is 7.60. The fourth-order valence-corrected chi connectivity index (χ4v) is 2.59. The fourth-order valence-electron chi connectivity index (χ4n) is 2.59. The maximum atomic E-state index is 9.95. The molecule has 0 heterocycles. The van der Waals surface area contributed by atoms with Crippen molar-refractivity contribution in [2.24, 2.45) is 5.92 Å². The number of aliphatic hydroxyl groups is 2. The van der Waals surface area contributed by atoms with E-state index in [2.05, 4.69) is 12.2 Å². The Kier molecular flexibility index (Phi) is 7.29. The summed E-state index contributed by atoms with van der Waals surface area (Å²) < 4.78 is 5.84. The molecule has 3 unspecified atom stereocenters.